The zero-order valence-electron chi connectivity index (χ0n) is 11.1. The van der Waals surface area contributed by atoms with Crippen molar-refractivity contribution in [3.05, 3.63) is 56.5 Å². The molecule has 1 N–H and O–H groups in total. The van der Waals surface area contributed by atoms with Gasteiger partial charge >= 0.3 is 0 Å². The molecule has 0 bridgehead atoms. The number of aromatic amines is 1. The molecule has 1 aromatic heterocycles. The van der Waals surface area contributed by atoms with Crippen molar-refractivity contribution in [1.29, 1.82) is 0 Å². The average molecular weight is 351 g/mol. The van der Waals surface area contributed by atoms with Crippen LogP contribution in [0.5, 0.6) is 0 Å². The van der Waals surface area contributed by atoms with Crippen LogP contribution in [0, 0.1) is 4.64 Å². The minimum absolute atomic E-state index is 0.00197. The van der Waals surface area contributed by atoms with E-state index in [-0.39, 0.29) is 5.41 Å². The van der Waals surface area contributed by atoms with Gasteiger partial charge in [-0.15, -0.1) is 0 Å². The molecule has 20 heavy (non-hydrogen) atoms. The van der Waals surface area contributed by atoms with Gasteiger partial charge in [0.1, 0.15) is 10.5 Å². The highest BCUT2D eigenvalue weighted by Crippen LogP contribution is 2.52. The maximum atomic E-state index is 5.36. The average Bonchev–Trinajstić information content (AvgIpc) is 3.26. The van der Waals surface area contributed by atoms with Crippen LogP contribution in [0.4, 0.5) is 0 Å². The summed E-state index contributed by atoms with van der Waals surface area (Å²) < 4.78 is 6.63. The van der Waals surface area contributed by atoms with Gasteiger partial charge < -0.3 is 9.72 Å². The summed E-state index contributed by atoms with van der Waals surface area (Å²) in [6, 6.07) is 10.5. The number of nitrogens with one attached hydrogen (secondary N) is 1. The van der Waals surface area contributed by atoms with Gasteiger partial charge in [-0.2, -0.15) is 0 Å². The lowest BCUT2D eigenvalue weighted by atomic mass is 9.95. The van der Waals surface area contributed by atoms with Crippen molar-refractivity contribution in [3.8, 4) is 0 Å². The monoisotopic (exact) mass is 350 g/mol. The van der Waals surface area contributed by atoms with Crippen LogP contribution in [-0.4, -0.2) is 17.1 Å². The number of benzene rings is 1. The first kappa shape index (κ1) is 13.9. The van der Waals surface area contributed by atoms with E-state index in [1.165, 1.54) is 5.56 Å². The highest BCUT2D eigenvalue weighted by Gasteiger charge is 2.48. The number of hydrogen-bond donors (Lipinski definition) is 1. The molecule has 104 valence electrons. The number of nitrogens with zero attached hydrogens (tertiary/aromatic N) is 1. The van der Waals surface area contributed by atoms with Crippen molar-refractivity contribution in [2.45, 2.75) is 24.9 Å². The Hall–Kier alpha value is -1.04. The molecule has 1 saturated carbocycles. The standard InChI is InChI=1S/C15H15BrN2OS/c1-19-9-11-12(16)13(20)18-14(17-11)15(7-8-15)10-5-3-2-4-6-10/h2-6H,7-9H2,1H3,(H,17,18,20). The molecular formula is C15H15BrN2OS. The minimum Gasteiger partial charge on any atom is -0.378 e. The predicted octanol–water partition coefficient (Wildman–Crippen LogP) is 4.13. The third kappa shape index (κ3) is 2.34. The molecule has 0 spiro atoms. The van der Waals surface area contributed by atoms with E-state index in [2.05, 4.69) is 50.2 Å². The molecule has 1 aliphatic carbocycles. The van der Waals surface area contributed by atoms with Crippen LogP contribution >= 0.6 is 28.1 Å². The van der Waals surface area contributed by atoms with Crippen LogP contribution < -0.4 is 0 Å². The van der Waals surface area contributed by atoms with Crippen molar-refractivity contribution in [2.75, 3.05) is 7.11 Å². The number of rotatable bonds is 4. The number of ether oxygens (including phenoxy) is 1. The Morgan fingerprint density at radius 2 is 2.05 bits per heavy atom. The highest BCUT2D eigenvalue weighted by atomic mass is 79.9. The molecule has 0 atom stereocenters. The van der Waals surface area contributed by atoms with E-state index >= 15 is 0 Å². The molecule has 1 aliphatic rings. The van der Waals surface area contributed by atoms with Crippen LogP contribution in [-0.2, 0) is 16.8 Å². The highest BCUT2D eigenvalue weighted by molar-refractivity contribution is 9.10. The Morgan fingerprint density at radius 3 is 2.65 bits per heavy atom. The molecule has 3 nitrogen and oxygen atoms in total. The second-order valence-corrected chi connectivity index (χ2v) is 6.24. The SMILES string of the molecule is COCc1[nH]c(C2(c3ccccc3)CC2)nc(=S)c1Br. The van der Waals surface area contributed by atoms with E-state index in [1.54, 1.807) is 7.11 Å². The van der Waals surface area contributed by atoms with Crippen molar-refractivity contribution in [2.24, 2.45) is 0 Å². The second kappa shape index (κ2) is 5.39. The van der Waals surface area contributed by atoms with E-state index in [9.17, 15) is 0 Å². The molecule has 0 aliphatic heterocycles. The fourth-order valence-corrected chi connectivity index (χ4v) is 3.04. The van der Waals surface area contributed by atoms with Gasteiger partial charge in [-0.05, 0) is 34.3 Å². The number of aromatic nitrogens is 2. The van der Waals surface area contributed by atoms with E-state index in [1.807, 2.05) is 6.07 Å². The van der Waals surface area contributed by atoms with Gasteiger partial charge in [0.15, 0.2) is 0 Å². The number of H-pyrrole nitrogens is 1. The zero-order chi connectivity index (χ0) is 14.2. The first-order valence-electron chi connectivity index (χ1n) is 6.51. The zero-order valence-corrected chi connectivity index (χ0v) is 13.6. The summed E-state index contributed by atoms with van der Waals surface area (Å²) in [7, 11) is 1.67. The molecule has 0 unspecified atom stereocenters. The summed E-state index contributed by atoms with van der Waals surface area (Å²) in [4.78, 5) is 7.99. The molecule has 5 heteroatoms. The Labute approximate surface area is 131 Å². The minimum atomic E-state index is -0.00197. The van der Waals surface area contributed by atoms with Gasteiger partial charge in [-0.3, -0.25) is 0 Å². The van der Waals surface area contributed by atoms with Crippen LogP contribution in [0.2, 0.25) is 0 Å². The molecule has 0 radical (unpaired) electrons. The first-order chi connectivity index (χ1) is 9.67. The summed E-state index contributed by atoms with van der Waals surface area (Å²) in [5.74, 6) is 0.948. The fraction of sp³-hybridized carbons (Fsp3) is 0.333. The largest absolute Gasteiger partial charge is 0.378 e. The van der Waals surface area contributed by atoms with E-state index in [0.717, 1.165) is 28.8 Å². The summed E-state index contributed by atoms with van der Waals surface area (Å²) >= 11 is 8.84. The fourth-order valence-electron chi connectivity index (χ4n) is 2.52. The van der Waals surface area contributed by atoms with Crippen LogP contribution in [0.15, 0.2) is 34.8 Å². The van der Waals surface area contributed by atoms with Crippen LogP contribution in [0.25, 0.3) is 0 Å². The normalized spacial score (nSPS) is 16.1. The summed E-state index contributed by atoms with van der Waals surface area (Å²) in [6.07, 6.45) is 2.20. The van der Waals surface area contributed by atoms with Crippen molar-refractivity contribution >= 4 is 28.1 Å². The Kier molecular flexibility index (Phi) is 3.75. The summed E-state index contributed by atoms with van der Waals surface area (Å²) in [5, 5.41) is 0. The smallest absolute Gasteiger partial charge is 0.144 e. The first-order valence-corrected chi connectivity index (χ1v) is 7.71. The lowest BCUT2D eigenvalue weighted by molar-refractivity contribution is 0.180. The van der Waals surface area contributed by atoms with E-state index in [4.69, 9.17) is 17.0 Å². The molecule has 0 saturated heterocycles. The Balaban J connectivity index is 2.09. The second-order valence-electron chi connectivity index (χ2n) is 5.06. The van der Waals surface area contributed by atoms with Gasteiger partial charge in [0.2, 0.25) is 0 Å². The number of halogens is 1. The van der Waals surface area contributed by atoms with Gasteiger partial charge in [-0.25, -0.2) is 4.98 Å². The lowest BCUT2D eigenvalue weighted by Crippen LogP contribution is -2.15. The van der Waals surface area contributed by atoms with Gasteiger partial charge in [0.05, 0.1) is 22.2 Å². The Bertz CT molecular complexity index is 680. The van der Waals surface area contributed by atoms with Crippen LogP contribution in [0.1, 0.15) is 29.9 Å². The molecule has 3 rings (SSSR count). The molecular weight excluding hydrogens is 336 g/mol. The van der Waals surface area contributed by atoms with Gasteiger partial charge in [-0.1, -0.05) is 42.5 Å². The summed E-state index contributed by atoms with van der Waals surface area (Å²) in [5.41, 5.74) is 2.24. The third-order valence-corrected chi connectivity index (χ3v) is 5.17. The van der Waals surface area contributed by atoms with E-state index < -0.39 is 0 Å². The maximum Gasteiger partial charge on any atom is 0.144 e. The van der Waals surface area contributed by atoms with Crippen LogP contribution in [0.3, 0.4) is 0 Å². The van der Waals surface area contributed by atoms with E-state index in [0.29, 0.717) is 11.2 Å². The van der Waals surface area contributed by atoms with Crippen molar-refractivity contribution in [1.82, 2.24) is 9.97 Å². The molecule has 0 amide bonds. The van der Waals surface area contributed by atoms with Gasteiger partial charge in [0, 0.05) is 7.11 Å². The molecule has 1 aromatic carbocycles. The lowest BCUT2D eigenvalue weighted by Gasteiger charge is -2.17. The maximum absolute atomic E-state index is 5.36. The quantitative estimate of drug-likeness (QED) is 0.842. The topological polar surface area (TPSA) is 37.9 Å². The van der Waals surface area contributed by atoms with Crippen molar-refractivity contribution in [3.63, 3.8) is 0 Å². The summed E-state index contributed by atoms with van der Waals surface area (Å²) in [6.45, 7) is 0.491. The molecule has 2 aromatic rings. The predicted molar refractivity (Wildman–Crippen MR) is 84.3 cm³/mol. The van der Waals surface area contributed by atoms with Crippen molar-refractivity contribution < 1.29 is 4.74 Å². The Morgan fingerprint density at radius 1 is 1.35 bits per heavy atom. The third-order valence-electron chi connectivity index (χ3n) is 3.75. The van der Waals surface area contributed by atoms with Gasteiger partial charge in [0.25, 0.3) is 0 Å². The molecule has 1 fully saturated rings. The molecule has 1 heterocycles. The number of methoxy groups -OCH3 is 1. The number of hydrogen-bond acceptors (Lipinski definition) is 3.